The summed E-state index contributed by atoms with van der Waals surface area (Å²) in [6.45, 7) is 2.03. The van der Waals surface area contributed by atoms with Crippen LogP contribution in [0.25, 0.3) is 10.6 Å². The molecule has 4 rings (SSSR count). The lowest BCUT2D eigenvalue weighted by atomic mass is 10.2. The molecule has 0 fully saturated rings. The number of aryl methyl sites for hydroxylation is 1. The summed E-state index contributed by atoms with van der Waals surface area (Å²) in [6.07, 6.45) is 0.114. The zero-order chi connectivity index (χ0) is 23.2. The third kappa shape index (κ3) is 5.82. The number of carbonyl (C=O) groups is 2. The van der Waals surface area contributed by atoms with E-state index in [9.17, 15) is 9.59 Å². The predicted octanol–water partition coefficient (Wildman–Crippen LogP) is 5.12. The molecule has 1 amide bonds. The Morgan fingerprint density at radius 1 is 1.00 bits per heavy atom. The highest BCUT2D eigenvalue weighted by molar-refractivity contribution is 7.13. The molecule has 0 aliphatic heterocycles. The lowest BCUT2D eigenvalue weighted by molar-refractivity contribution is -0.115. The van der Waals surface area contributed by atoms with E-state index < -0.39 is 5.97 Å². The van der Waals surface area contributed by atoms with Crippen LogP contribution in [0.1, 0.15) is 26.8 Å². The molecule has 168 valence electrons. The van der Waals surface area contributed by atoms with Gasteiger partial charge in [-0.3, -0.25) is 4.79 Å². The van der Waals surface area contributed by atoms with E-state index in [0.717, 1.165) is 16.1 Å². The van der Waals surface area contributed by atoms with Crippen molar-refractivity contribution in [3.8, 4) is 16.3 Å². The predicted molar refractivity (Wildman–Crippen MR) is 129 cm³/mol. The van der Waals surface area contributed by atoms with Crippen LogP contribution in [-0.4, -0.2) is 29.0 Å². The number of benzene rings is 2. The number of hydrogen-bond donors (Lipinski definition) is 1. The number of anilines is 1. The zero-order valence-electron chi connectivity index (χ0n) is 18.0. The smallest absolute Gasteiger partial charge is 0.358 e. The SMILES string of the molecule is COc1ccccc1NC(=O)Cc1nc(COC(=O)c2csc(-c3ccc(C)cc3)n2)cs1. The van der Waals surface area contributed by atoms with Gasteiger partial charge in [-0.05, 0) is 19.1 Å². The minimum Gasteiger partial charge on any atom is -0.495 e. The standard InChI is InChI=1S/C24H21N3O4S2/c1-15-7-9-16(10-8-15)23-27-19(14-33-23)24(29)31-12-17-13-32-22(25-17)11-21(28)26-18-5-3-4-6-20(18)30-2/h3-10,13-14H,11-12H2,1-2H3,(H,26,28). The summed E-state index contributed by atoms with van der Waals surface area (Å²) in [5.41, 5.74) is 3.57. The maximum atomic E-state index is 12.4. The third-order valence-electron chi connectivity index (χ3n) is 4.66. The molecule has 2 aromatic heterocycles. The van der Waals surface area contributed by atoms with Gasteiger partial charge in [-0.15, -0.1) is 22.7 Å². The number of thiazole rings is 2. The second-order valence-corrected chi connectivity index (χ2v) is 8.94. The monoisotopic (exact) mass is 479 g/mol. The average molecular weight is 480 g/mol. The molecule has 4 aromatic rings. The molecule has 2 aromatic carbocycles. The van der Waals surface area contributed by atoms with Gasteiger partial charge >= 0.3 is 5.97 Å². The van der Waals surface area contributed by atoms with Crippen LogP contribution in [0.15, 0.2) is 59.3 Å². The van der Waals surface area contributed by atoms with Crippen molar-refractivity contribution in [2.45, 2.75) is 20.0 Å². The maximum absolute atomic E-state index is 12.4. The van der Waals surface area contributed by atoms with Crippen LogP contribution in [0, 0.1) is 6.92 Å². The first-order chi connectivity index (χ1) is 16.0. The molecule has 0 aliphatic rings. The summed E-state index contributed by atoms with van der Waals surface area (Å²) in [6, 6.07) is 15.2. The van der Waals surface area contributed by atoms with Crippen LogP contribution in [0.2, 0.25) is 0 Å². The van der Waals surface area contributed by atoms with Crippen LogP contribution < -0.4 is 10.1 Å². The Balaban J connectivity index is 1.30. The molecular formula is C24H21N3O4S2. The molecule has 0 saturated carbocycles. The molecule has 2 heterocycles. The fourth-order valence-electron chi connectivity index (χ4n) is 2.99. The van der Waals surface area contributed by atoms with Crippen molar-refractivity contribution in [3.05, 3.63) is 81.2 Å². The van der Waals surface area contributed by atoms with Crippen molar-refractivity contribution in [1.82, 2.24) is 9.97 Å². The number of amides is 1. The minimum atomic E-state index is -0.506. The Bertz CT molecular complexity index is 1260. The number of nitrogens with zero attached hydrogens (tertiary/aromatic N) is 2. The first-order valence-corrected chi connectivity index (χ1v) is 11.8. The summed E-state index contributed by atoms with van der Waals surface area (Å²) in [5.74, 6) is -0.123. The normalized spacial score (nSPS) is 10.6. The molecule has 33 heavy (non-hydrogen) atoms. The zero-order valence-corrected chi connectivity index (χ0v) is 19.7. The summed E-state index contributed by atoms with van der Waals surface area (Å²) in [5, 5.41) is 7.67. The number of hydrogen-bond acceptors (Lipinski definition) is 8. The first-order valence-electron chi connectivity index (χ1n) is 10.1. The Labute approximate surface area is 199 Å². The van der Waals surface area contributed by atoms with E-state index in [1.54, 1.807) is 30.0 Å². The van der Waals surface area contributed by atoms with Gasteiger partial charge in [-0.1, -0.05) is 42.0 Å². The van der Waals surface area contributed by atoms with Crippen molar-refractivity contribution < 1.29 is 19.1 Å². The summed E-state index contributed by atoms with van der Waals surface area (Å²) in [4.78, 5) is 33.5. The average Bonchev–Trinajstić information content (AvgIpc) is 3.48. The quantitative estimate of drug-likeness (QED) is 0.353. The maximum Gasteiger partial charge on any atom is 0.358 e. The number of carbonyl (C=O) groups excluding carboxylic acids is 2. The highest BCUT2D eigenvalue weighted by Gasteiger charge is 2.15. The van der Waals surface area contributed by atoms with Gasteiger partial charge < -0.3 is 14.8 Å². The summed E-state index contributed by atoms with van der Waals surface area (Å²) < 4.78 is 10.6. The molecule has 9 heteroatoms. The Morgan fingerprint density at radius 3 is 2.58 bits per heavy atom. The molecule has 0 saturated heterocycles. The van der Waals surface area contributed by atoms with Crippen molar-refractivity contribution in [1.29, 1.82) is 0 Å². The Hall–Kier alpha value is -3.56. The van der Waals surface area contributed by atoms with Crippen LogP contribution in [0.3, 0.4) is 0 Å². The number of rotatable bonds is 8. The number of nitrogens with one attached hydrogen (secondary N) is 1. The molecule has 7 nitrogen and oxygen atoms in total. The summed E-state index contributed by atoms with van der Waals surface area (Å²) >= 11 is 2.73. The van der Waals surface area contributed by atoms with E-state index in [-0.39, 0.29) is 24.6 Å². The molecule has 0 spiro atoms. The summed E-state index contributed by atoms with van der Waals surface area (Å²) in [7, 11) is 1.55. The van der Waals surface area contributed by atoms with Crippen LogP contribution >= 0.6 is 22.7 Å². The van der Waals surface area contributed by atoms with Gasteiger partial charge in [-0.25, -0.2) is 14.8 Å². The lowest BCUT2D eigenvalue weighted by Gasteiger charge is -2.08. The Morgan fingerprint density at radius 2 is 1.79 bits per heavy atom. The van der Waals surface area contributed by atoms with Crippen LogP contribution in [0.5, 0.6) is 5.75 Å². The van der Waals surface area contributed by atoms with E-state index in [1.165, 1.54) is 22.7 Å². The third-order valence-corrected chi connectivity index (χ3v) is 6.44. The molecule has 1 N–H and O–H groups in total. The second-order valence-electron chi connectivity index (χ2n) is 7.14. The van der Waals surface area contributed by atoms with Crippen molar-refractivity contribution in [2.75, 3.05) is 12.4 Å². The number of aromatic nitrogens is 2. The van der Waals surface area contributed by atoms with Gasteiger partial charge in [0, 0.05) is 16.3 Å². The van der Waals surface area contributed by atoms with E-state index in [4.69, 9.17) is 9.47 Å². The largest absolute Gasteiger partial charge is 0.495 e. The molecule has 0 bridgehead atoms. The fourth-order valence-corrected chi connectivity index (χ4v) is 4.56. The van der Waals surface area contributed by atoms with E-state index in [1.807, 2.05) is 43.3 Å². The molecule has 0 aliphatic carbocycles. The molecule has 0 radical (unpaired) electrons. The number of esters is 1. The van der Waals surface area contributed by atoms with Gasteiger partial charge in [-0.2, -0.15) is 0 Å². The van der Waals surface area contributed by atoms with Crippen molar-refractivity contribution >= 4 is 40.2 Å². The van der Waals surface area contributed by atoms with E-state index >= 15 is 0 Å². The van der Waals surface area contributed by atoms with Gasteiger partial charge in [0.15, 0.2) is 5.69 Å². The number of ether oxygens (including phenoxy) is 2. The number of para-hydroxylation sites is 2. The molecule has 0 unspecified atom stereocenters. The van der Waals surface area contributed by atoms with E-state index in [2.05, 4.69) is 15.3 Å². The highest BCUT2D eigenvalue weighted by atomic mass is 32.1. The minimum absolute atomic E-state index is 0.0147. The fraction of sp³-hybridized carbons (Fsp3) is 0.167. The highest BCUT2D eigenvalue weighted by Crippen LogP contribution is 2.25. The Kier molecular flexibility index (Phi) is 7.11. The van der Waals surface area contributed by atoms with Crippen molar-refractivity contribution in [2.24, 2.45) is 0 Å². The second kappa shape index (κ2) is 10.4. The molecular weight excluding hydrogens is 458 g/mol. The van der Waals surface area contributed by atoms with Gasteiger partial charge in [0.2, 0.25) is 5.91 Å². The van der Waals surface area contributed by atoms with E-state index in [0.29, 0.717) is 22.1 Å². The number of methoxy groups -OCH3 is 1. The van der Waals surface area contributed by atoms with Crippen LogP contribution in [0.4, 0.5) is 5.69 Å². The van der Waals surface area contributed by atoms with Crippen molar-refractivity contribution in [3.63, 3.8) is 0 Å². The van der Waals surface area contributed by atoms with Gasteiger partial charge in [0.05, 0.1) is 24.9 Å². The van der Waals surface area contributed by atoms with Gasteiger partial charge in [0.25, 0.3) is 0 Å². The topological polar surface area (TPSA) is 90.4 Å². The molecule has 0 atom stereocenters. The first kappa shape index (κ1) is 22.6. The van der Waals surface area contributed by atoms with Crippen LogP contribution in [-0.2, 0) is 22.6 Å². The lowest BCUT2D eigenvalue weighted by Crippen LogP contribution is -2.15. The van der Waals surface area contributed by atoms with Gasteiger partial charge in [0.1, 0.15) is 22.4 Å².